The number of halogens is 4. The minimum absolute atomic E-state index is 0.0628. The number of ether oxygens (including phenoxy) is 2. The maximum Gasteiger partial charge on any atom is 0.416 e. The Morgan fingerprint density at radius 3 is 2.59 bits per heavy atom. The van der Waals surface area contributed by atoms with Crippen LogP contribution in [0.2, 0.25) is 0 Å². The molecule has 2 heterocycles. The van der Waals surface area contributed by atoms with Crippen molar-refractivity contribution >= 4 is 27.5 Å². The third-order valence-corrected chi connectivity index (χ3v) is 10.3. The lowest BCUT2D eigenvalue weighted by molar-refractivity contribution is -0.138. The van der Waals surface area contributed by atoms with Crippen LogP contribution in [0.5, 0.6) is 5.75 Å². The van der Waals surface area contributed by atoms with E-state index >= 15 is 0 Å². The van der Waals surface area contributed by atoms with Crippen molar-refractivity contribution < 1.29 is 35.9 Å². The van der Waals surface area contributed by atoms with Crippen LogP contribution in [-0.2, 0) is 32.3 Å². The third kappa shape index (κ3) is 7.18. The van der Waals surface area contributed by atoms with E-state index in [9.17, 15) is 26.4 Å². The molecule has 2 aromatic rings. The van der Waals surface area contributed by atoms with E-state index in [1.807, 2.05) is 18.2 Å². The van der Waals surface area contributed by atoms with Crippen molar-refractivity contribution in [3.8, 4) is 5.75 Å². The van der Waals surface area contributed by atoms with Gasteiger partial charge >= 0.3 is 6.18 Å². The van der Waals surface area contributed by atoms with Crippen LogP contribution in [0, 0.1) is 0 Å². The predicted molar refractivity (Wildman–Crippen MR) is 147 cm³/mol. The molecule has 3 aliphatic rings. The molecule has 0 radical (unpaired) electrons. The second kappa shape index (κ2) is 12.5. The quantitative estimate of drug-likeness (QED) is 0.398. The van der Waals surface area contributed by atoms with Crippen LogP contribution < -0.4 is 4.74 Å². The lowest BCUT2D eigenvalue weighted by Crippen LogP contribution is -2.42. The molecule has 0 spiro atoms. The molecule has 2 fully saturated rings. The summed E-state index contributed by atoms with van der Waals surface area (Å²) in [4.78, 5) is 14.1. The number of alkyl halides is 4. The number of sulfonamides is 1. The predicted octanol–water partition coefficient (Wildman–Crippen LogP) is 5.56. The van der Waals surface area contributed by atoms with Gasteiger partial charge in [-0.15, -0.1) is 11.6 Å². The van der Waals surface area contributed by atoms with Gasteiger partial charge in [0.2, 0.25) is 15.9 Å². The van der Waals surface area contributed by atoms with Crippen molar-refractivity contribution in [3.63, 3.8) is 0 Å². The first kappa shape index (κ1) is 30.1. The van der Waals surface area contributed by atoms with Gasteiger partial charge in [-0.2, -0.15) is 17.5 Å². The number of nitrogens with zero attached hydrogens (tertiary/aromatic N) is 2. The van der Waals surface area contributed by atoms with Gasteiger partial charge in [-0.25, -0.2) is 8.42 Å². The van der Waals surface area contributed by atoms with Gasteiger partial charge in [0.25, 0.3) is 0 Å². The molecule has 1 saturated carbocycles. The summed E-state index contributed by atoms with van der Waals surface area (Å²) < 4.78 is 80.6. The van der Waals surface area contributed by atoms with Gasteiger partial charge in [0, 0.05) is 37.0 Å². The van der Waals surface area contributed by atoms with E-state index in [1.165, 1.54) is 10.4 Å². The molecule has 41 heavy (non-hydrogen) atoms. The molecule has 7 nitrogen and oxygen atoms in total. The minimum atomic E-state index is -4.68. The molecule has 1 aliphatic carbocycles. The van der Waals surface area contributed by atoms with E-state index in [-0.39, 0.29) is 43.1 Å². The molecule has 1 saturated heterocycles. The molecule has 2 aromatic carbocycles. The zero-order valence-corrected chi connectivity index (χ0v) is 24.2. The number of fused-ring (bicyclic) bond motifs is 1. The molecule has 5 rings (SSSR count). The Morgan fingerprint density at radius 1 is 1.07 bits per heavy atom. The first-order valence-electron chi connectivity index (χ1n) is 14.0. The summed E-state index contributed by atoms with van der Waals surface area (Å²) in [6, 6.07) is 9.53. The van der Waals surface area contributed by atoms with Crippen molar-refractivity contribution in [2.75, 3.05) is 32.8 Å². The topological polar surface area (TPSA) is 76.2 Å². The van der Waals surface area contributed by atoms with E-state index in [1.54, 1.807) is 4.90 Å². The Morgan fingerprint density at radius 2 is 1.85 bits per heavy atom. The van der Waals surface area contributed by atoms with Crippen molar-refractivity contribution in [3.05, 3.63) is 59.2 Å². The number of hydrogen-bond acceptors (Lipinski definition) is 5. The summed E-state index contributed by atoms with van der Waals surface area (Å²) in [5.74, 6) is 0.671. The van der Waals surface area contributed by atoms with E-state index in [0.717, 1.165) is 43.4 Å². The van der Waals surface area contributed by atoms with Gasteiger partial charge in [-0.05, 0) is 61.4 Å². The van der Waals surface area contributed by atoms with Crippen LogP contribution >= 0.6 is 11.6 Å². The number of rotatable bonds is 6. The highest BCUT2D eigenvalue weighted by molar-refractivity contribution is 7.89. The molecule has 224 valence electrons. The van der Waals surface area contributed by atoms with E-state index < -0.39 is 32.8 Å². The van der Waals surface area contributed by atoms with Gasteiger partial charge in [0.15, 0.2) is 0 Å². The maximum atomic E-state index is 13.8. The molecule has 0 aromatic heterocycles. The monoisotopic (exact) mass is 614 g/mol. The average molecular weight is 615 g/mol. The molecule has 1 unspecified atom stereocenters. The second-order valence-electron chi connectivity index (χ2n) is 10.9. The fraction of sp³-hybridized carbons (Fsp3) is 0.552. The van der Waals surface area contributed by atoms with Crippen molar-refractivity contribution in [1.29, 1.82) is 0 Å². The van der Waals surface area contributed by atoms with Crippen LogP contribution in [0.25, 0.3) is 0 Å². The van der Waals surface area contributed by atoms with Crippen LogP contribution in [0.15, 0.2) is 47.4 Å². The Labute approximate surface area is 243 Å². The first-order chi connectivity index (χ1) is 19.5. The van der Waals surface area contributed by atoms with Gasteiger partial charge < -0.3 is 14.4 Å². The highest BCUT2D eigenvalue weighted by atomic mass is 35.5. The smallest absolute Gasteiger partial charge is 0.416 e. The van der Waals surface area contributed by atoms with Crippen molar-refractivity contribution in [2.24, 2.45) is 0 Å². The summed E-state index contributed by atoms with van der Waals surface area (Å²) in [7, 11) is -4.33. The Bertz CT molecular complexity index is 1350. The van der Waals surface area contributed by atoms with Gasteiger partial charge in [-0.1, -0.05) is 24.6 Å². The number of benzene rings is 2. The van der Waals surface area contributed by atoms with E-state index in [0.29, 0.717) is 43.7 Å². The van der Waals surface area contributed by atoms with Crippen LogP contribution in [0.1, 0.15) is 61.1 Å². The van der Waals surface area contributed by atoms with Gasteiger partial charge in [0.05, 0.1) is 30.2 Å². The normalized spacial score (nSPS) is 24.3. The number of morpholine rings is 1. The zero-order chi connectivity index (χ0) is 29.2. The molecule has 1 amide bonds. The van der Waals surface area contributed by atoms with Crippen LogP contribution in [-0.4, -0.2) is 67.9 Å². The number of amides is 1. The van der Waals surface area contributed by atoms with E-state index in [2.05, 4.69) is 0 Å². The lowest BCUT2D eigenvalue weighted by Gasteiger charge is -2.28. The average Bonchev–Trinajstić information content (AvgIpc) is 3.15. The standard InChI is InChI=1S/C29H34ClF3N2O5S/c30-24-5-1-3-20(16-24)21-7-9-27-22(15-21)18-35(41(37,38)26-6-2-4-23(17-26)29(31,32)33)19-25(40-27)8-10-28(36)34-11-13-39-14-12-34/h2,4,6-7,9,15,17,20,24-25H,1,3,5,8,10-14,16,18-19H2/t20?,24-,25-/m0/s1. The minimum Gasteiger partial charge on any atom is -0.489 e. The number of carbonyl (C=O) groups is 1. The molecule has 3 atom stereocenters. The fourth-order valence-corrected chi connectivity index (χ4v) is 7.66. The summed E-state index contributed by atoms with van der Waals surface area (Å²) in [6.07, 6.45) is -1.20. The van der Waals surface area contributed by atoms with E-state index in [4.69, 9.17) is 21.1 Å². The Kier molecular flexibility index (Phi) is 9.18. The maximum absolute atomic E-state index is 13.8. The summed E-state index contributed by atoms with van der Waals surface area (Å²) in [5, 5.41) is 0.0787. The highest BCUT2D eigenvalue weighted by Gasteiger charge is 2.36. The Balaban J connectivity index is 1.44. The highest BCUT2D eigenvalue weighted by Crippen LogP contribution is 2.39. The zero-order valence-electron chi connectivity index (χ0n) is 22.6. The largest absolute Gasteiger partial charge is 0.489 e. The summed E-state index contributed by atoms with van der Waals surface area (Å²) in [5.41, 5.74) is 0.639. The fourth-order valence-electron chi connectivity index (χ4n) is 5.79. The SMILES string of the molecule is O=C(CC[C@H]1CN(S(=O)(=O)c2cccc(C(F)(F)F)c2)Cc2cc(C3CCC[C@H](Cl)C3)ccc2O1)N1CCOCC1. The summed E-state index contributed by atoms with van der Waals surface area (Å²) in [6.45, 7) is 1.76. The number of carbonyl (C=O) groups excluding carboxylic acids is 1. The van der Waals surface area contributed by atoms with Gasteiger partial charge in [0.1, 0.15) is 11.9 Å². The van der Waals surface area contributed by atoms with Crippen LogP contribution in [0.4, 0.5) is 13.2 Å². The van der Waals surface area contributed by atoms with Crippen molar-refractivity contribution in [2.45, 2.75) is 73.5 Å². The third-order valence-electron chi connectivity index (χ3n) is 8.06. The van der Waals surface area contributed by atoms with Gasteiger partial charge in [-0.3, -0.25) is 4.79 Å². The first-order valence-corrected chi connectivity index (χ1v) is 15.8. The molecule has 0 N–H and O–H groups in total. The molecule has 12 heteroatoms. The molecular formula is C29H34ClF3N2O5S. The summed E-state index contributed by atoms with van der Waals surface area (Å²) >= 11 is 6.43. The molecule has 2 aliphatic heterocycles. The van der Waals surface area contributed by atoms with Crippen molar-refractivity contribution in [1.82, 2.24) is 9.21 Å². The lowest BCUT2D eigenvalue weighted by atomic mass is 9.83. The number of hydrogen-bond donors (Lipinski definition) is 0. The second-order valence-corrected chi connectivity index (χ2v) is 13.5. The molecule has 0 bridgehead atoms. The molecular weight excluding hydrogens is 581 g/mol. The van der Waals surface area contributed by atoms with Crippen LogP contribution in [0.3, 0.4) is 0 Å². The Hall–Kier alpha value is -2.34.